The molecule has 5 atom stereocenters. The quantitative estimate of drug-likeness (QED) is 0.499. The third kappa shape index (κ3) is 2.61. The van der Waals surface area contributed by atoms with E-state index in [9.17, 15) is 25.2 Å². The number of likely N-dealkylation sites (N-methyl/N-ethyl adjacent to an activating group) is 1. The number of benzene rings is 2. The SMILES string of the molecule is COc1c(C)cc2c(c1O)[C@@H]1[C@H]3C(O)c4c(O)c(C)c5c(c4[C@H](CO)N3C(=O)[C@H](C2)N1C)OCO5. The zero-order chi connectivity index (χ0) is 24.9. The van der Waals surface area contributed by atoms with Crippen molar-refractivity contribution in [3.8, 4) is 28.7 Å². The van der Waals surface area contributed by atoms with Crippen molar-refractivity contribution >= 4 is 5.91 Å². The Kier molecular flexibility index (Phi) is 4.70. The van der Waals surface area contributed by atoms with Gasteiger partial charge in [0.2, 0.25) is 12.7 Å². The fourth-order valence-corrected chi connectivity index (χ4v) is 6.64. The molecule has 186 valence electrons. The molecule has 0 saturated carbocycles. The minimum Gasteiger partial charge on any atom is -0.507 e. The largest absolute Gasteiger partial charge is 0.507 e. The van der Waals surface area contributed by atoms with E-state index < -0.39 is 36.9 Å². The Bertz CT molecular complexity index is 1280. The van der Waals surface area contributed by atoms with Crippen LogP contribution in [0.4, 0.5) is 0 Å². The van der Waals surface area contributed by atoms with Gasteiger partial charge in [-0.3, -0.25) is 9.69 Å². The summed E-state index contributed by atoms with van der Waals surface area (Å²) in [5.41, 5.74) is 3.11. The summed E-state index contributed by atoms with van der Waals surface area (Å²) in [7, 11) is 3.28. The predicted octanol–water partition coefficient (Wildman–Crippen LogP) is 1.34. The summed E-state index contributed by atoms with van der Waals surface area (Å²) in [5, 5.41) is 44.7. The van der Waals surface area contributed by atoms with Crippen molar-refractivity contribution < 1.29 is 39.4 Å². The van der Waals surface area contributed by atoms with Crippen molar-refractivity contribution in [1.82, 2.24) is 9.80 Å². The number of phenols is 2. The van der Waals surface area contributed by atoms with E-state index in [2.05, 4.69) is 0 Å². The van der Waals surface area contributed by atoms with Crippen LogP contribution in [0, 0.1) is 13.8 Å². The van der Waals surface area contributed by atoms with E-state index in [0.29, 0.717) is 40.4 Å². The Balaban J connectivity index is 1.63. The fraction of sp³-hybridized carbons (Fsp3) is 0.480. The highest BCUT2D eigenvalue weighted by atomic mass is 16.7. The second kappa shape index (κ2) is 7.39. The van der Waals surface area contributed by atoms with Gasteiger partial charge in [-0.2, -0.15) is 0 Å². The number of aromatic hydroxyl groups is 2. The Hall–Kier alpha value is -3.21. The highest BCUT2D eigenvalue weighted by Gasteiger charge is 2.59. The van der Waals surface area contributed by atoms with Gasteiger partial charge in [-0.1, -0.05) is 6.07 Å². The van der Waals surface area contributed by atoms with Gasteiger partial charge in [0, 0.05) is 22.3 Å². The minimum atomic E-state index is -1.32. The molecule has 35 heavy (non-hydrogen) atoms. The van der Waals surface area contributed by atoms with Crippen LogP contribution in [-0.2, 0) is 11.2 Å². The van der Waals surface area contributed by atoms with E-state index in [-0.39, 0.29) is 29.8 Å². The highest BCUT2D eigenvalue weighted by Crippen LogP contribution is 2.59. The summed E-state index contributed by atoms with van der Waals surface area (Å²) < 4.78 is 16.7. The number of aliphatic hydroxyl groups excluding tert-OH is 2. The number of carbonyl (C=O) groups is 1. The van der Waals surface area contributed by atoms with Crippen molar-refractivity contribution in [2.75, 3.05) is 27.6 Å². The maximum Gasteiger partial charge on any atom is 0.241 e. The Labute approximate surface area is 201 Å². The van der Waals surface area contributed by atoms with Gasteiger partial charge < -0.3 is 39.5 Å². The van der Waals surface area contributed by atoms with Gasteiger partial charge in [-0.05, 0) is 38.4 Å². The van der Waals surface area contributed by atoms with Crippen molar-refractivity contribution in [3.63, 3.8) is 0 Å². The molecule has 4 heterocycles. The number of amides is 1. The first-order chi connectivity index (χ1) is 16.7. The van der Waals surface area contributed by atoms with Crippen LogP contribution in [0.3, 0.4) is 0 Å². The molecule has 2 aromatic carbocycles. The van der Waals surface area contributed by atoms with Crippen LogP contribution >= 0.6 is 0 Å². The summed E-state index contributed by atoms with van der Waals surface area (Å²) in [4.78, 5) is 17.3. The third-order valence-corrected chi connectivity index (χ3v) is 8.15. The molecule has 0 aromatic heterocycles. The van der Waals surface area contributed by atoms with Crippen LogP contribution in [0.5, 0.6) is 28.7 Å². The number of aryl methyl sites for hydroxylation is 1. The molecule has 0 radical (unpaired) electrons. The van der Waals surface area contributed by atoms with Crippen molar-refractivity contribution in [2.45, 2.75) is 50.5 Å². The Morgan fingerprint density at radius 3 is 2.51 bits per heavy atom. The van der Waals surface area contributed by atoms with E-state index >= 15 is 0 Å². The molecule has 1 fully saturated rings. The Morgan fingerprint density at radius 1 is 1.11 bits per heavy atom. The molecule has 4 aliphatic heterocycles. The molecule has 1 unspecified atom stereocenters. The summed E-state index contributed by atoms with van der Waals surface area (Å²) in [6.07, 6.45) is -0.961. The zero-order valence-electron chi connectivity index (χ0n) is 19.9. The predicted molar refractivity (Wildman–Crippen MR) is 122 cm³/mol. The van der Waals surface area contributed by atoms with Crippen LogP contribution in [0.25, 0.3) is 0 Å². The number of hydrogen-bond donors (Lipinski definition) is 4. The normalized spacial score (nSPS) is 28.5. The maximum atomic E-state index is 13.9. The lowest BCUT2D eigenvalue weighted by Crippen LogP contribution is -2.67. The van der Waals surface area contributed by atoms with Crippen LogP contribution in [-0.4, -0.2) is 75.8 Å². The fourth-order valence-electron chi connectivity index (χ4n) is 6.64. The Morgan fingerprint density at radius 2 is 1.83 bits per heavy atom. The second-order valence-corrected chi connectivity index (χ2v) is 9.72. The second-order valence-electron chi connectivity index (χ2n) is 9.72. The van der Waals surface area contributed by atoms with E-state index in [1.807, 2.05) is 17.9 Å². The van der Waals surface area contributed by atoms with Gasteiger partial charge in [0.1, 0.15) is 11.9 Å². The van der Waals surface area contributed by atoms with Gasteiger partial charge in [-0.15, -0.1) is 0 Å². The molecule has 0 spiro atoms. The monoisotopic (exact) mass is 484 g/mol. The van der Waals surface area contributed by atoms with E-state index in [4.69, 9.17) is 14.2 Å². The lowest BCUT2D eigenvalue weighted by Gasteiger charge is -2.58. The number of hydrogen-bond acceptors (Lipinski definition) is 9. The van der Waals surface area contributed by atoms with Crippen LogP contribution in [0.15, 0.2) is 6.07 Å². The molecule has 2 aromatic rings. The zero-order valence-corrected chi connectivity index (χ0v) is 19.9. The topological polar surface area (TPSA) is 132 Å². The number of nitrogens with zero attached hydrogens (tertiary/aromatic N) is 2. The molecule has 4 N–H and O–H groups in total. The molecule has 4 aliphatic rings. The minimum absolute atomic E-state index is 0.0308. The number of carbonyl (C=O) groups excluding carboxylic acids is 1. The molecule has 1 amide bonds. The number of rotatable bonds is 2. The first-order valence-electron chi connectivity index (χ1n) is 11.6. The number of aliphatic hydroxyl groups is 2. The van der Waals surface area contributed by atoms with Crippen LogP contribution < -0.4 is 14.2 Å². The molecule has 10 heteroatoms. The maximum absolute atomic E-state index is 13.9. The third-order valence-electron chi connectivity index (χ3n) is 8.15. The summed E-state index contributed by atoms with van der Waals surface area (Å²) >= 11 is 0. The van der Waals surface area contributed by atoms with Crippen molar-refractivity contribution in [3.05, 3.63) is 39.4 Å². The molecule has 2 bridgehead atoms. The van der Waals surface area contributed by atoms with Gasteiger partial charge in [0.25, 0.3) is 0 Å². The van der Waals surface area contributed by atoms with Gasteiger partial charge in [0.05, 0.1) is 37.9 Å². The molecule has 1 saturated heterocycles. The first kappa shape index (κ1) is 22.3. The molecule has 6 rings (SSSR count). The average Bonchev–Trinajstić information content (AvgIpc) is 3.31. The molecule has 0 aliphatic carbocycles. The van der Waals surface area contributed by atoms with E-state index in [1.54, 1.807) is 14.0 Å². The number of piperazine rings is 1. The lowest BCUT2D eigenvalue weighted by molar-refractivity contribution is -0.168. The van der Waals surface area contributed by atoms with Crippen molar-refractivity contribution in [1.29, 1.82) is 0 Å². The lowest BCUT2D eigenvalue weighted by atomic mass is 9.72. The number of ether oxygens (including phenoxy) is 3. The molecular formula is C25H28N2O8. The summed E-state index contributed by atoms with van der Waals surface area (Å²) in [6.45, 7) is 2.99. The molecular weight excluding hydrogens is 456 g/mol. The van der Waals surface area contributed by atoms with Crippen molar-refractivity contribution in [2.24, 2.45) is 0 Å². The van der Waals surface area contributed by atoms with Gasteiger partial charge >= 0.3 is 0 Å². The highest BCUT2D eigenvalue weighted by molar-refractivity contribution is 5.86. The van der Waals surface area contributed by atoms with Gasteiger partial charge in [0.15, 0.2) is 23.0 Å². The van der Waals surface area contributed by atoms with Gasteiger partial charge in [-0.25, -0.2) is 0 Å². The van der Waals surface area contributed by atoms with Crippen LogP contribution in [0.2, 0.25) is 0 Å². The summed E-state index contributed by atoms with van der Waals surface area (Å²) in [6, 6.07) is -1.02. The number of methoxy groups -OCH3 is 1. The summed E-state index contributed by atoms with van der Waals surface area (Å²) in [5.74, 6) is 0.569. The molecule has 10 nitrogen and oxygen atoms in total. The average molecular weight is 485 g/mol. The standard InChI is InChI=1S/C25H28N2O8/c1-9-5-11-6-12-25(32)27-13(7-28)15-16(19(29)10(2)23-24(15)35-8-34-23)20(30)18(27)17(26(12)3)14(11)21(31)22(9)33-4/h5,12-13,17-18,20,28-31H,6-8H2,1-4H3/t12-,13-,17+,18-,20?/m0/s1. The van der Waals surface area contributed by atoms with E-state index in [1.165, 1.54) is 12.0 Å². The van der Waals surface area contributed by atoms with E-state index in [0.717, 1.165) is 11.1 Å². The smallest absolute Gasteiger partial charge is 0.241 e. The number of fused-ring (bicyclic) bond motifs is 9. The van der Waals surface area contributed by atoms with Crippen LogP contribution in [0.1, 0.15) is 51.6 Å². The number of phenolic OH excluding ortho intramolecular Hbond substituents is 2. The first-order valence-corrected chi connectivity index (χ1v) is 11.6.